The molecule has 2 rings (SSSR count). The topological polar surface area (TPSA) is 102 Å². The van der Waals surface area contributed by atoms with E-state index in [1.54, 1.807) is 13.0 Å². The Morgan fingerprint density at radius 3 is 2.96 bits per heavy atom. The van der Waals surface area contributed by atoms with Gasteiger partial charge in [0.15, 0.2) is 0 Å². The first-order valence-corrected chi connectivity index (χ1v) is 7.99. The number of ether oxygens (including phenoxy) is 2. The van der Waals surface area contributed by atoms with Gasteiger partial charge in [-0.2, -0.15) is 0 Å². The Bertz CT molecular complexity index is 592. The average Bonchev–Trinajstić information content (AvgIpc) is 2.59. The number of nitrogens with zero attached hydrogens (tertiary/aromatic N) is 2. The van der Waals surface area contributed by atoms with Crippen LogP contribution in [0.15, 0.2) is 18.2 Å². The molecule has 0 aromatic heterocycles. The van der Waals surface area contributed by atoms with Crippen molar-refractivity contribution in [1.82, 2.24) is 0 Å². The number of nitro benzene ring substituents is 1. The first-order valence-electron chi connectivity index (χ1n) is 7.99. The van der Waals surface area contributed by atoms with E-state index in [0.717, 1.165) is 19.4 Å². The van der Waals surface area contributed by atoms with Crippen molar-refractivity contribution in [3.63, 3.8) is 0 Å². The third-order valence-corrected chi connectivity index (χ3v) is 3.85. The van der Waals surface area contributed by atoms with Crippen LogP contribution in [0.25, 0.3) is 0 Å². The minimum atomic E-state index is -0.574. The summed E-state index contributed by atoms with van der Waals surface area (Å²) >= 11 is 0. The van der Waals surface area contributed by atoms with Gasteiger partial charge >= 0.3 is 5.97 Å². The predicted molar refractivity (Wildman–Crippen MR) is 87.3 cm³/mol. The lowest BCUT2D eigenvalue weighted by Crippen LogP contribution is -2.40. The summed E-state index contributed by atoms with van der Waals surface area (Å²) in [6.45, 7) is 3.40. The van der Waals surface area contributed by atoms with Gasteiger partial charge in [-0.05, 0) is 25.8 Å². The molecular weight excluding hydrogens is 316 g/mol. The normalized spacial score (nSPS) is 17.6. The Hall–Kier alpha value is -2.19. The van der Waals surface area contributed by atoms with Gasteiger partial charge in [-0.3, -0.25) is 10.1 Å². The summed E-state index contributed by atoms with van der Waals surface area (Å²) in [5.41, 5.74) is 0.650. The molecule has 1 aromatic carbocycles. The molecule has 1 aromatic rings. The van der Waals surface area contributed by atoms with Gasteiger partial charge in [0.2, 0.25) is 0 Å². The number of aliphatic hydroxyl groups is 1. The van der Waals surface area contributed by atoms with Gasteiger partial charge in [0, 0.05) is 25.2 Å². The van der Waals surface area contributed by atoms with Gasteiger partial charge in [-0.25, -0.2) is 4.79 Å². The van der Waals surface area contributed by atoms with Crippen molar-refractivity contribution in [2.24, 2.45) is 0 Å². The predicted octanol–water partition coefficient (Wildman–Crippen LogP) is 1.75. The van der Waals surface area contributed by atoms with E-state index >= 15 is 0 Å². The molecule has 132 valence electrons. The van der Waals surface area contributed by atoms with Crippen LogP contribution in [0, 0.1) is 10.1 Å². The second kappa shape index (κ2) is 8.60. The van der Waals surface area contributed by atoms with E-state index in [1.165, 1.54) is 12.1 Å². The minimum absolute atomic E-state index is 0.0396. The Balaban J connectivity index is 2.27. The minimum Gasteiger partial charge on any atom is -0.462 e. The number of hydrogen-bond donors (Lipinski definition) is 1. The summed E-state index contributed by atoms with van der Waals surface area (Å²) in [5, 5.41) is 19.9. The fraction of sp³-hybridized carbons (Fsp3) is 0.562. The average molecular weight is 338 g/mol. The van der Waals surface area contributed by atoms with Crippen LogP contribution in [0.5, 0.6) is 0 Å². The summed E-state index contributed by atoms with van der Waals surface area (Å²) in [4.78, 5) is 24.6. The van der Waals surface area contributed by atoms with E-state index in [0.29, 0.717) is 12.2 Å². The highest BCUT2D eigenvalue weighted by Crippen LogP contribution is 2.29. The van der Waals surface area contributed by atoms with Crippen LogP contribution in [0.3, 0.4) is 0 Å². The fourth-order valence-corrected chi connectivity index (χ4v) is 2.80. The molecule has 8 heteroatoms. The van der Waals surface area contributed by atoms with Crippen molar-refractivity contribution >= 4 is 17.3 Å². The molecule has 0 bridgehead atoms. The molecule has 24 heavy (non-hydrogen) atoms. The van der Waals surface area contributed by atoms with Crippen molar-refractivity contribution in [3.8, 4) is 0 Å². The molecule has 1 unspecified atom stereocenters. The Kier molecular flexibility index (Phi) is 6.51. The van der Waals surface area contributed by atoms with Gasteiger partial charge in [-0.15, -0.1) is 0 Å². The lowest BCUT2D eigenvalue weighted by Gasteiger charge is -2.35. The first-order chi connectivity index (χ1) is 11.6. The van der Waals surface area contributed by atoms with Crippen molar-refractivity contribution in [1.29, 1.82) is 0 Å². The van der Waals surface area contributed by atoms with Crippen LogP contribution in [0.1, 0.15) is 30.1 Å². The van der Waals surface area contributed by atoms with Crippen LogP contribution >= 0.6 is 0 Å². The van der Waals surface area contributed by atoms with E-state index in [-0.39, 0.29) is 37.2 Å². The number of hydrogen-bond acceptors (Lipinski definition) is 7. The molecule has 1 N–H and O–H groups in total. The summed E-state index contributed by atoms with van der Waals surface area (Å²) < 4.78 is 10.6. The fourth-order valence-electron chi connectivity index (χ4n) is 2.80. The van der Waals surface area contributed by atoms with Gasteiger partial charge in [0.05, 0.1) is 42.1 Å². The Morgan fingerprint density at radius 1 is 1.50 bits per heavy atom. The molecule has 0 aliphatic carbocycles. The van der Waals surface area contributed by atoms with Gasteiger partial charge < -0.3 is 19.5 Å². The molecule has 0 saturated carbocycles. The number of esters is 1. The highest BCUT2D eigenvalue weighted by atomic mass is 16.6. The zero-order valence-electron chi connectivity index (χ0n) is 13.6. The molecule has 0 spiro atoms. The number of nitro groups is 1. The first kappa shape index (κ1) is 18.2. The van der Waals surface area contributed by atoms with Crippen molar-refractivity contribution in [2.75, 3.05) is 37.8 Å². The highest BCUT2D eigenvalue weighted by Gasteiger charge is 2.26. The zero-order valence-corrected chi connectivity index (χ0v) is 13.6. The quantitative estimate of drug-likeness (QED) is 0.459. The second-order valence-electron chi connectivity index (χ2n) is 5.48. The number of anilines is 1. The Morgan fingerprint density at radius 2 is 2.29 bits per heavy atom. The number of piperidine rings is 1. The van der Waals surface area contributed by atoms with Gasteiger partial charge in [0.25, 0.3) is 5.69 Å². The van der Waals surface area contributed by atoms with E-state index in [4.69, 9.17) is 14.6 Å². The monoisotopic (exact) mass is 338 g/mol. The van der Waals surface area contributed by atoms with Crippen LogP contribution < -0.4 is 4.90 Å². The number of carbonyl (C=O) groups is 1. The number of benzene rings is 1. The molecule has 0 radical (unpaired) electrons. The molecule has 1 heterocycles. The van der Waals surface area contributed by atoms with Crippen molar-refractivity contribution in [2.45, 2.75) is 25.9 Å². The van der Waals surface area contributed by atoms with Crippen molar-refractivity contribution in [3.05, 3.63) is 33.9 Å². The summed E-state index contributed by atoms with van der Waals surface area (Å²) in [6, 6.07) is 4.22. The molecular formula is C16H22N2O6. The van der Waals surface area contributed by atoms with Crippen LogP contribution in [-0.4, -0.2) is 55.0 Å². The molecule has 0 amide bonds. The van der Waals surface area contributed by atoms with Crippen LogP contribution in [-0.2, 0) is 9.47 Å². The lowest BCUT2D eigenvalue weighted by molar-refractivity contribution is -0.384. The second-order valence-corrected chi connectivity index (χ2v) is 5.48. The van der Waals surface area contributed by atoms with Crippen LogP contribution in [0.2, 0.25) is 0 Å². The lowest BCUT2D eigenvalue weighted by atomic mass is 10.0. The third-order valence-electron chi connectivity index (χ3n) is 3.85. The maximum atomic E-state index is 12.2. The van der Waals surface area contributed by atoms with E-state index in [2.05, 4.69) is 0 Å². The summed E-state index contributed by atoms with van der Waals surface area (Å²) in [7, 11) is 0. The summed E-state index contributed by atoms with van der Waals surface area (Å²) in [6.07, 6.45) is 1.70. The Labute approximate surface area is 140 Å². The van der Waals surface area contributed by atoms with E-state index in [9.17, 15) is 14.9 Å². The SMILES string of the molecule is CCOC(=O)c1cc([N+](=O)[O-])ccc1N1CCCC(OCCO)C1. The maximum Gasteiger partial charge on any atom is 0.340 e. The summed E-state index contributed by atoms with van der Waals surface area (Å²) in [5.74, 6) is -0.574. The molecule has 1 aliphatic heterocycles. The number of carbonyl (C=O) groups excluding carboxylic acids is 1. The maximum absolute atomic E-state index is 12.2. The van der Waals surface area contributed by atoms with E-state index < -0.39 is 10.9 Å². The molecule has 8 nitrogen and oxygen atoms in total. The number of non-ortho nitro benzene ring substituents is 1. The third kappa shape index (κ3) is 4.42. The largest absolute Gasteiger partial charge is 0.462 e. The smallest absolute Gasteiger partial charge is 0.340 e. The molecule has 1 atom stereocenters. The standard InChI is InChI=1S/C16H22N2O6/c1-2-23-16(20)14-10-12(18(21)22)5-6-15(14)17-7-3-4-13(11-17)24-9-8-19/h5-6,10,13,19H,2-4,7-9,11H2,1H3. The number of aliphatic hydroxyl groups excluding tert-OH is 1. The van der Waals surface area contributed by atoms with Crippen molar-refractivity contribution < 1.29 is 24.3 Å². The molecule has 1 fully saturated rings. The van der Waals surface area contributed by atoms with Gasteiger partial charge in [0.1, 0.15) is 0 Å². The van der Waals surface area contributed by atoms with E-state index in [1.807, 2.05) is 4.90 Å². The number of rotatable bonds is 7. The van der Waals surface area contributed by atoms with Gasteiger partial charge in [-0.1, -0.05) is 0 Å². The highest BCUT2D eigenvalue weighted by molar-refractivity contribution is 5.96. The van der Waals surface area contributed by atoms with Crippen LogP contribution in [0.4, 0.5) is 11.4 Å². The molecule has 1 saturated heterocycles. The zero-order chi connectivity index (χ0) is 17.5. The molecule has 1 aliphatic rings.